The van der Waals surface area contributed by atoms with Crippen LogP contribution in [0.4, 0.5) is 5.69 Å². The predicted octanol–water partition coefficient (Wildman–Crippen LogP) is 2.95. The Morgan fingerprint density at radius 3 is 2.61 bits per heavy atom. The molecule has 1 aliphatic heterocycles. The molecule has 2 aromatic rings. The standard InChI is InChI=1S/C19H16N2O5S2/c1-26-14-6-3-12(4-7-14)20-17(24)10-21-18(25)16(28-19(21)27)8-11-2-5-13(22)9-15(11)23/h2-9,22-23H,10H2,1H3,(H,20,24)/b16-8-. The van der Waals surface area contributed by atoms with E-state index in [0.29, 0.717) is 17.0 Å². The molecule has 9 heteroatoms. The topological polar surface area (TPSA) is 99.1 Å². The number of rotatable bonds is 5. The smallest absolute Gasteiger partial charge is 0.266 e. The normalized spacial score (nSPS) is 15.2. The molecular formula is C19H16N2O5S2. The van der Waals surface area contributed by atoms with Crippen molar-refractivity contribution in [3.8, 4) is 17.2 Å². The number of anilines is 1. The van der Waals surface area contributed by atoms with Crippen molar-refractivity contribution in [2.45, 2.75) is 0 Å². The molecule has 1 heterocycles. The highest BCUT2D eigenvalue weighted by molar-refractivity contribution is 8.26. The maximum atomic E-state index is 12.6. The number of benzene rings is 2. The number of methoxy groups -OCH3 is 1. The van der Waals surface area contributed by atoms with Gasteiger partial charge in [-0.2, -0.15) is 0 Å². The van der Waals surface area contributed by atoms with E-state index in [4.69, 9.17) is 17.0 Å². The summed E-state index contributed by atoms with van der Waals surface area (Å²) >= 11 is 6.25. The summed E-state index contributed by atoms with van der Waals surface area (Å²) < 4.78 is 5.31. The van der Waals surface area contributed by atoms with Gasteiger partial charge >= 0.3 is 0 Å². The van der Waals surface area contributed by atoms with Crippen molar-refractivity contribution in [1.82, 2.24) is 4.90 Å². The van der Waals surface area contributed by atoms with Gasteiger partial charge < -0.3 is 20.3 Å². The third kappa shape index (κ3) is 4.44. The second-order valence-electron chi connectivity index (χ2n) is 5.79. The summed E-state index contributed by atoms with van der Waals surface area (Å²) in [4.78, 5) is 26.3. The summed E-state index contributed by atoms with van der Waals surface area (Å²) in [6, 6.07) is 10.9. The summed E-state index contributed by atoms with van der Waals surface area (Å²) in [6.07, 6.45) is 1.47. The number of nitrogens with zero attached hydrogens (tertiary/aromatic N) is 1. The Bertz CT molecular complexity index is 973. The van der Waals surface area contributed by atoms with Crippen LogP contribution in [0.2, 0.25) is 0 Å². The summed E-state index contributed by atoms with van der Waals surface area (Å²) in [6.45, 7) is -0.227. The first-order valence-corrected chi connectivity index (χ1v) is 9.31. The van der Waals surface area contributed by atoms with E-state index in [1.165, 1.54) is 29.2 Å². The lowest BCUT2D eigenvalue weighted by atomic mass is 10.1. The van der Waals surface area contributed by atoms with Crippen LogP contribution < -0.4 is 10.1 Å². The first kappa shape index (κ1) is 19.7. The molecule has 2 aromatic carbocycles. The number of amides is 2. The van der Waals surface area contributed by atoms with Crippen LogP contribution in [0.25, 0.3) is 6.08 Å². The number of carbonyl (C=O) groups excluding carboxylic acids is 2. The second-order valence-corrected chi connectivity index (χ2v) is 7.46. The van der Waals surface area contributed by atoms with Crippen LogP contribution >= 0.6 is 24.0 Å². The highest BCUT2D eigenvalue weighted by Crippen LogP contribution is 2.34. The zero-order valence-corrected chi connectivity index (χ0v) is 16.3. The number of thioether (sulfide) groups is 1. The molecule has 1 aliphatic rings. The third-order valence-corrected chi connectivity index (χ3v) is 5.23. The first-order chi connectivity index (χ1) is 13.4. The summed E-state index contributed by atoms with van der Waals surface area (Å²) in [5.74, 6) is -0.403. The van der Waals surface area contributed by atoms with Gasteiger partial charge in [-0.15, -0.1) is 0 Å². The van der Waals surface area contributed by atoms with Crippen molar-refractivity contribution in [3.05, 3.63) is 52.9 Å². The van der Waals surface area contributed by atoms with Crippen LogP contribution in [0.15, 0.2) is 47.4 Å². The van der Waals surface area contributed by atoms with Crippen LogP contribution in [0.1, 0.15) is 5.56 Å². The highest BCUT2D eigenvalue weighted by Gasteiger charge is 2.33. The molecule has 0 aliphatic carbocycles. The predicted molar refractivity (Wildman–Crippen MR) is 111 cm³/mol. The fraction of sp³-hybridized carbons (Fsp3) is 0.105. The fourth-order valence-electron chi connectivity index (χ4n) is 2.45. The Hall–Kier alpha value is -3.04. The molecule has 3 rings (SSSR count). The van der Waals surface area contributed by atoms with E-state index in [9.17, 15) is 19.8 Å². The minimum Gasteiger partial charge on any atom is -0.508 e. The van der Waals surface area contributed by atoms with Crippen LogP contribution in [0.5, 0.6) is 17.2 Å². The molecule has 1 fully saturated rings. The molecule has 28 heavy (non-hydrogen) atoms. The lowest BCUT2D eigenvalue weighted by molar-refractivity contribution is -0.126. The van der Waals surface area contributed by atoms with E-state index in [1.807, 2.05) is 0 Å². The fourth-order valence-corrected chi connectivity index (χ4v) is 3.70. The molecule has 7 nitrogen and oxygen atoms in total. The second kappa shape index (κ2) is 8.32. The van der Waals surface area contributed by atoms with Gasteiger partial charge in [0.15, 0.2) is 0 Å². The zero-order valence-electron chi connectivity index (χ0n) is 14.7. The maximum Gasteiger partial charge on any atom is 0.266 e. The van der Waals surface area contributed by atoms with Crippen LogP contribution in [0.3, 0.4) is 0 Å². The molecule has 0 bridgehead atoms. The van der Waals surface area contributed by atoms with Crippen molar-refractivity contribution in [3.63, 3.8) is 0 Å². The van der Waals surface area contributed by atoms with E-state index < -0.39 is 11.8 Å². The van der Waals surface area contributed by atoms with Gasteiger partial charge in [-0.3, -0.25) is 14.5 Å². The molecule has 3 N–H and O–H groups in total. The van der Waals surface area contributed by atoms with Gasteiger partial charge in [0, 0.05) is 17.3 Å². The number of aromatic hydroxyl groups is 2. The monoisotopic (exact) mass is 416 g/mol. The molecule has 144 valence electrons. The van der Waals surface area contributed by atoms with Gasteiger partial charge in [-0.25, -0.2) is 0 Å². The van der Waals surface area contributed by atoms with E-state index in [1.54, 1.807) is 31.4 Å². The van der Waals surface area contributed by atoms with Crippen molar-refractivity contribution in [1.29, 1.82) is 0 Å². The Kier molecular flexibility index (Phi) is 5.86. The van der Waals surface area contributed by atoms with Crippen LogP contribution in [0, 0.1) is 0 Å². The minimum absolute atomic E-state index is 0.0857. The number of carbonyl (C=O) groups is 2. The van der Waals surface area contributed by atoms with Crippen molar-refractivity contribution >= 4 is 51.9 Å². The SMILES string of the molecule is COc1ccc(NC(=O)CN2C(=O)/C(=C/c3ccc(O)cc3O)SC2=S)cc1. The van der Waals surface area contributed by atoms with E-state index in [0.717, 1.165) is 11.8 Å². The first-order valence-electron chi connectivity index (χ1n) is 8.08. The van der Waals surface area contributed by atoms with Crippen molar-refractivity contribution in [2.75, 3.05) is 19.0 Å². The van der Waals surface area contributed by atoms with Crippen LogP contribution in [-0.2, 0) is 9.59 Å². The molecular weight excluding hydrogens is 400 g/mol. The molecule has 1 saturated heterocycles. The Balaban J connectivity index is 1.69. The molecule has 0 spiro atoms. The van der Waals surface area contributed by atoms with Gasteiger partial charge in [-0.05, 0) is 42.5 Å². The average molecular weight is 416 g/mol. The minimum atomic E-state index is -0.424. The molecule has 0 atom stereocenters. The summed E-state index contributed by atoms with van der Waals surface area (Å²) in [5.41, 5.74) is 0.932. The van der Waals surface area contributed by atoms with E-state index in [-0.39, 0.29) is 27.3 Å². The van der Waals surface area contributed by atoms with Gasteiger partial charge in [0.1, 0.15) is 28.1 Å². The molecule has 0 unspecified atom stereocenters. The summed E-state index contributed by atoms with van der Waals surface area (Å²) in [5, 5.41) is 21.9. The molecule has 0 saturated carbocycles. The number of hydrogen-bond donors (Lipinski definition) is 3. The number of hydrogen-bond acceptors (Lipinski definition) is 7. The van der Waals surface area contributed by atoms with Crippen molar-refractivity contribution < 1.29 is 24.5 Å². The number of nitrogens with one attached hydrogen (secondary N) is 1. The van der Waals surface area contributed by atoms with Gasteiger partial charge in [0.25, 0.3) is 5.91 Å². The quantitative estimate of drug-likeness (QED) is 0.509. The van der Waals surface area contributed by atoms with Gasteiger partial charge in [0.2, 0.25) is 5.91 Å². The van der Waals surface area contributed by atoms with Crippen molar-refractivity contribution in [2.24, 2.45) is 0 Å². The van der Waals surface area contributed by atoms with Gasteiger partial charge in [-0.1, -0.05) is 24.0 Å². The van der Waals surface area contributed by atoms with Gasteiger partial charge in [0.05, 0.1) is 12.0 Å². The lowest BCUT2D eigenvalue weighted by Gasteiger charge is -2.14. The largest absolute Gasteiger partial charge is 0.508 e. The Morgan fingerprint density at radius 1 is 1.25 bits per heavy atom. The van der Waals surface area contributed by atoms with E-state index in [2.05, 4.69) is 5.32 Å². The number of phenols is 2. The highest BCUT2D eigenvalue weighted by atomic mass is 32.2. The third-order valence-electron chi connectivity index (χ3n) is 3.85. The Morgan fingerprint density at radius 2 is 1.96 bits per heavy atom. The Labute approximate surface area is 170 Å². The molecule has 0 aromatic heterocycles. The summed E-state index contributed by atoms with van der Waals surface area (Å²) in [7, 11) is 1.55. The lowest BCUT2D eigenvalue weighted by Crippen LogP contribution is -2.36. The maximum absolute atomic E-state index is 12.6. The molecule has 2 amide bonds. The molecule has 0 radical (unpaired) electrons. The number of ether oxygens (including phenoxy) is 1. The zero-order chi connectivity index (χ0) is 20.3. The van der Waals surface area contributed by atoms with E-state index >= 15 is 0 Å². The number of phenolic OH excluding ortho intramolecular Hbond substituents is 2. The average Bonchev–Trinajstić information content (AvgIpc) is 2.92. The number of thiocarbonyl (C=S) groups is 1. The van der Waals surface area contributed by atoms with Crippen LogP contribution in [-0.4, -0.2) is 44.9 Å².